The van der Waals surface area contributed by atoms with Crippen LogP contribution in [-0.2, 0) is 0 Å². The number of carbonyl (C=O) groups is 2. The Kier molecular flexibility index (Phi) is 4.43. The molecular weight excluding hydrogens is 334 g/mol. The van der Waals surface area contributed by atoms with Crippen molar-refractivity contribution >= 4 is 17.5 Å². The molecule has 2 aliphatic heterocycles. The second kappa shape index (κ2) is 7.03. The van der Waals surface area contributed by atoms with E-state index in [2.05, 4.69) is 10.3 Å². The molecule has 1 N–H and O–H groups in total. The van der Waals surface area contributed by atoms with Crippen LogP contribution in [0.5, 0.6) is 11.5 Å². The summed E-state index contributed by atoms with van der Waals surface area (Å²) in [6.07, 6.45) is 3.17. The number of anilines is 1. The minimum Gasteiger partial charge on any atom is -0.454 e. The molecule has 7 nitrogen and oxygen atoms in total. The number of ether oxygens (including phenoxy) is 2. The SMILES string of the molecule is O=C(Nc1ccc2c(c1)OCO2)c1cccc(C(=O)N2CCCCC2)n1. The molecule has 1 saturated heterocycles. The Morgan fingerprint density at radius 3 is 2.58 bits per heavy atom. The molecule has 3 heterocycles. The number of piperidine rings is 1. The molecule has 0 unspecified atom stereocenters. The Hall–Kier alpha value is -3.09. The quantitative estimate of drug-likeness (QED) is 0.918. The largest absolute Gasteiger partial charge is 0.454 e. The van der Waals surface area contributed by atoms with Crippen LogP contribution in [-0.4, -0.2) is 41.6 Å². The third kappa shape index (κ3) is 3.33. The molecule has 7 heteroatoms. The molecule has 0 aliphatic carbocycles. The Balaban J connectivity index is 1.48. The minimum absolute atomic E-state index is 0.123. The highest BCUT2D eigenvalue weighted by Crippen LogP contribution is 2.34. The molecule has 4 rings (SSSR count). The number of nitrogens with one attached hydrogen (secondary N) is 1. The van der Waals surface area contributed by atoms with E-state index < -0.39 is 0 Å². The summed E-state index contributed by atoms with van der Waals surface area (Å²) < 4.78 is 10.6. The van der Waals surface area contributed by atoms with Crippen LogP contribution in [0.1, 0.15) is 40.2 Å². The molecule has 0 saturated carbocycles. The van der Waals surface area contributed by atoms with Gasteiger partial charge in [0.25, 0.3) is 11.8 Å². The molecule has 0 spiro atoms. The van der Waals surface area contributed by atoms with E-state index >= 15 is 0 Å². The van der Waals surface area contributed by atoms with Gasteiger partial charge in [0.15, 0.2) is 11.5 Å². The van der Waals surface area contributed by atoms with E-state index in [0.717, 1.165) is 32.4 Å². The summed E-state index contributed by atoms with van der Waals surface area (Å²) in [6.45, 7) is 1.66. The lowest BCUT2D eigenvalue weighted by Crippen LogP contribution is -2.36. The molecule has 0 atom stereocenters. The standard InChI is InChI=1S/C19H19N3O4/c23-18(20-13-7-8-16-17(11-13)26-12-25-16)14-5-4-6-15(21-14)19(24)22-9-2-1-3-10-22/h4-8,11H,1-3,9-10,12H2,(H,20,23). The molecule has 1 aromatic carbocycles. The van der Waals surface area contributed by atoms with Crippen LogP contribution in [0.3, 0.4) is 0 Å². The number of hydrogen-bond donors (Lipinski definition) is 1. The first-order chi connectivity index (χ1) is 12.7. The number of pyridine rings is 1. The summed E-state index contributed by atoms with van der Waals surface area (Å²) in [4.78, 5) is 31.1. The number of nitrogens with zero attached hydrogens (tertiary/aromatic N) is 2. The summed E-state index contributed by atoms with van der Waals surface area (Å²) in [5.74, 6) is 0.736. The van der Waals surface area contributed by atoms with Crippen LogP contribution in [0.4, 0.5) is 5.69 Å². The van der Waals surface area contributed by atoms with Crippen molar-refractivity contribution in [2.45, 2.75) is 19.3 Å². The fraction of sp³-hybridized carbons (Fsp3) is 0.316. The Morgan fingerprint density at radius 1 is 0.962 bits per heavy atom. The van der Waals surface area contributed by atoms with Crippen molar-refractivity contribution in [3.05, 3.63) is 47.8 Å². The summed E-state index contributed by atoms with van der Waals surface area (Å²) in [7, 11) is 0. The first kappa shape index (κ1) is 16.4. The van der Waals surface area contributed by atoms with Crippen molar-refractivity contribution in [3.63, 3.8) is 0 Å². The average molecular weight is 353 g/mol. The molecule has 26 heavy (non-hydrogen) atoms. The molecule has 0 radical (unpaired) electrons. The summed E-state index contributed by atoms with van der Waals surface area (Å²) >= 11 is 0. The van der Waals surface area contributed by atoms with E-state index in [1.54, 1.807) is 41.3 Å². The number of fused-ring (bicyclic) bond motifs is 1. The van der Waals surface area contributed by atoms with Crippen molar-refractivity contribution in [1.82, 2.24) is 9.88 Å². The number of amides is 2. The zero-order valence-corrected chi connectivity index (χ0v) is 14.2. The second-order valence-corrected chi connectivity index (χ2v) is 6.28. The number of likely N-dealkylation sites (tertiary alicyclic amines) is 1. The predicted octanol–water partition coefficient (Wildman–Crippen LogP) is 2.69. The normalized spacial score (nSPS) is 15.6. The van der Waals surface area contributed by atoms with Crippen molar-refractivity contribution < 1.29 is 19.1 Å². The van der Waals surface area contributed by atoms with Gasteiger partial charge >= 0.3 is 0 Å². The van der Waals surface area contributed by atoms with E-state index in [-0.39, 0.29) is 24.3 Å². The zero-order chi connectivity index (χ0) is 17.9. The molecule has 134 valence electrons. The van der Waals surface area contributed by atoms with Crippen LogP contribution in [0, 0.1) is 0 Å². The van der Waals surface area contributed by atoms with E-state index in [1.165, 1.54) is 0 Å². The van der Waals surface area contributed by atoms with Gasteiger partial charge in [-0.05, 0) is 43.5 Å². The number of benzene rings is 1. The van der Waals surface area contributed by atoms with Crippen LogP contribution >= 0.6 is 0 Å². The van der Waals surface area contributed by atoms with Gasteiger partial charge in [0.05, 0.1) is 0 Å². The molecule has 1 aromatic heterocycles. The minimum atomic E-state index is -0.378. The maximum absolute atomic E-state index is 12.6. The average Bonchev–Trinajstić information content (AvgIpc) is 3.16. The summed E-state index contributed by atoms with van der Waals surface area (Å²) in [6, 6.07) is 10.1. The molecular formula is C19H19N3O4. The highest BCUT2D eigenvalue weighted by Gasteiger charge is 2.21. The van der Waals surface area contributed by atoms with Crippen molar-refractivity contribution in [1.29, 1.82) is 0 Å². The molecule has 0 bridgehead atoms. The lowest BCUT2D eigenvalue weighted by atomic mass is 10.1. The first-order valence-corrected chi connectivity index (χ1v) is 8.68. The molecule has 2 aromatic rings. The number of aromatic nitrogens is 1. The molecule has 1 fully saturated rings. The van der Waals surface area contributed by atoms with E-state index in [4.69, 9.17) is 9.47 Å². The fourth-order valence-corrected chi connectivity index (χ4v) is 3.11. The van der Waals surface area contributed by atoms with Crippen LogP contribution in [0.15, 0.2) is 36.4 Å². The topological polar surface area (TPSA) is 80.8 Å². The van der Waals surface area contributed by atoms with Crippen LogP contribution in [0.2, 0.25) is 0 Å². The van der Waals surface area contributed by atoms with Gasteiger partial charge in [-0.2, -0.15) is 0 Å². The van der Waals surface area contributed by atoms with Crippen LogP contribution in [0.25, 0.3) is 0 Å². The summed E-state index contributed by atoms with van der Waals surface area (Å²) in [5.41, 5.74) is 1.07. The second-order valence-electron chi connectivity index (χ2n) is 6.28. The van der Waals surface area contributed by atoms with E-state index in [0.29, 0.717) is 22.9 Å². The van der Waals surface area contributed by atoms with Gasteiger partial charge in [-0.1, -0.05) is 6.07 Å². The lowest BCUT2D eigenvalue weighted by Gasteiger charge is -2.26. The van der Waals surface area contributed by atoms with Gasteiger partial charge in [0.1, 0.15) is 11.4 Å². The predicted molar refractivity (Wildman–Crippen MR) is 94.5 cm³/mol. The Morgan fingerprint density at radius 2 is 1.73 bits per heavy atom. The van der Waals surface area contributed by atoms with Gasteiger partial charge in [-0.3, -0.25) is 9.59 Å². The van der Waals surface area contributed by atoms with Crippen molar-refractivity contribution in [3.8, 4) is 11.5 Å². The maximum atomic E-state index is 12.6. The first-order valence-electron chi connectivity index (χ1n) is 8.68. The highest BCUT2D eigenvalue weighted by atomic mass is 16.7. The summed E-state index contributed by atoms with van der Waals surface area (Å²) in [5, 5.41) is 2.77. The highest BCUT2D eigenvalue weighted by molar-refractivity contribution is 6.04. The number of hydrogen-bond acceptors (Lipinski definition) is 5. The van der Waals surface area contributed by atoms with Gasteiger partial charge in [0.2, 0.25) is 6.79 Å². The van der Waals surface area contributed by atoms with Gasteiger partial charge in [0, 0.05) is 24.8 Å². The van der Waals surface area contributed by atoms with Gasteiger partial charge in [-0.15, -0.1) is 0 Å². The smallest absolute Gasteiger partial charge is 0.274 e. The van der Waals surface area contributed by atoms with Gasteiger partial charge < -0.3 is 19.7 Å². The Labute approximate surface area is 150 Å². The maximum Gasteiger partial charge on any atom is 0.274 e. The van der Waals surface area contributed by atoms with Crippen molar-refractivity contribution in [2.24, 2.45) is 0 Å². The fourth-order valence-electron chi connectivity index (χ4n) is 3.11. The Bertz CT molecular complexity index is 846. The zero-order valence-electron chi connectivity index (χ0n) is 14.2. The number of carbonyl (C=O) groups excluding carboxylic acids is 2. The van der Waals surface area contributed by atoms with Crippen molar-refractivity contribution in [2.75, 3.05) is 25.2 Å². The molecule has 2 aliphatic rings. The van der Waals surface area contributed by atoms with Gasteiger partial charge in [-0.25, -0.2) is 4.98 Å². The van der Waals surface area contributed by atoms with E-state index in [1.807, 2.05) is 0 Å². The number of rotatable bonds is 3. The monoisotopic (exact) mass is 353 g/mol. The third-order valence-electron chi connectivity index (χ3n) is 4.47. The molecule has 2 amide bonds. The lowest BCUT2D eigenvalue weighted by molar-refractivity contribution is 0.0718. The third-order valence-corrected chi connectivity index (χ3v) is 4.47. The van der Waals surface area contributed by atoms with Crippen LogP contribution < -0.4 is 14.8 Å². The van der Waals surface area contributed by atoms with E-state index in [9.17, 15) is 9.59 Å².